The highest BCUT2D eigenvalue weighted by Gasteiger charge is 2.06. The van der Waals surface area contributed by atoms with Crippen molar-refractivity contribution in [2.75, 3.05) is 0 Å². The average Bonchev–Trinajstić information content (AvgIpc) is 3.31. The number of rotatable bonds is 0. The fraction of sp³-hybridized carbons (Fsp3) is 0.533. The number of nitrogens with zero attached hydrogens (tertiary/aromatic N) is 4. The van der Waals surface area contributed by atoms with Gasteiger partial charge in [-0.3, -0.25) is 0 Å². The molecule has 4 heteroatoms. The SMILES string of the molecule is C1=C/CC[n+]2cccc(c2)CCCCCC/C=C/CC[n+]2cccc(c2)CCCCCC/C=C/CC[n+]2cccc(c2)CCCCCC/C=C/CC[n+]2cccc(c2)CCCCCC/1. The van der Waals surface area contributed by atoms with E-state index in [4.69, 9.17) is 0 Å². The molecule has 0 fully saturated rings. The van der Waals surface area contributed by atoms with Gasteiger partial charge < -0.3 is 0 Å². The average molecular weight is 865 g/mol. The molecule has 4 aromatic rings. The lowest BCUT2D eigenvalue weighted by Gasteiger charge is -2.02. The smallest absolute Gasteiger partial charge is 0.171 e. The molecular formula is C60H88N4+4. The highest BCUT2D eigenvalue weighted by molar-refractivity contribution is 5.07. The first-order valence-electron chi connectivity index (χ1n) is 26.3. The minimum absolute atomic E-state index is 1.07. The topological polar surface area (TPSA) is 15.5 Å². The summed E-state index contributed by atoms with van der Waals surface area (Å²) < 4.78 is 9.54. The zero-order valence-corrected chi connectivity index (χ0v) is 40.3. The normalized spacial score (nSPS) is 20.2. The van der Waals surface area contributed by atoms with Crippen LogP contribution in [-0.2, 0) is 51.9 Å². The summed E-state index contributed by atoms with van der Waals surface area (Å²) in [5.41, 5.74) is 5.92. The number of fused-ring (bicyclic) bond motifs is 8. The Kier molecular flexibility index (Phi) is 26.8. The second-order valence-corrected chi connectivity index (χ2v) is 18.7. The van der Waals surface area contributed by atoms with Crippen LogP contribution in [0.1, 0.15) is 176 Å². The summed E-state index contributed by atoms with van der Waals surface area (Å²) in [4.78, 5) is 0. The molecule has 344 valence electrons. The molecule has 64 heavy (non-hydrogen) atoms. The third kappa shape index (κ3) is 24.0. The van der Waals surface area contributed by atoms with Crippen molar-refractivity contribution in [3.8, 4) is 0 Å². The number of hydrogen-bond acceptors (Lipinski definition) is 0. The minimum atomic E-state index is 1.07. The molecule has 0 atom stereocenters. The number of hydrogen-bond donors (Lipinski definition) is 0. The highest BCUT2D eigenvalue weighted by Crippen LogP contribution is 2.13. The van der Waals surface area contributed by atoms with Crippen LogP contribution in [0.2, 0.25) is 0 Å². The summed E-state index contributed by atoms with van der Waals surface area (Å²) in [6, 6.07) is 18.2. The number of pyridine rings is 4. The molecule has 1 aliphatic rings. The van der Waals surface area contributed by atoms with Gasteiger partial charge in [-0.2, -0.15) is 0 Å². The first-order valence-corrected chi connectivity index (χ1v) is 26.3. The van der Waals surface area contributed by atoms with Crippen molar-refractivity contribution in [3.63, 3.8) is 0 Å². The predicted molar refractivity (Wildman–Crippen MR) is 269 cm³/mol. The third-order valence-corrected chi connectivity index (χ3v) is 12.9. The zero-order valence-electron chi connectivity index (χ0n) is 40.3. The molecular weight excluding hydrogens is 777 g/mol. The van der Waals surface area contributed by atoms with Crippen LogP contribution in [0.5, 0.6) is 0 Å². The van der Waals surface area contributed by atoms with Crippen LogP contribution < -0.4 is 18.3 Å². The van der Waals surface area contributed by atoms with E-state index in [-0.39, 0.29) is 0 Å². The summed E-state index contributed by atoms with van der Waals surface area (Å²) in [6.07, 6.45) is 72.7. The lowest BCUT2D eigenvalue weighted by Crippen LogP contribution is -2.32. The molecule has 4 aromatic heterocycles. The van der Waals surface area contributed by atoms with Crippen LogP contribution in [0.25, 0.3) is 0 Å². The molecule has 0 saturated heterocycles. The van der Waals surface area contributed by atoms with E-state index in [1.165, 1.54) is 176 Å². The van der Waals surface area contributed by atoms with Crippen molar-refractivity contribution >= 4 is 0 Å². The van der Waals surface area contributed by atoms with Gasteiger partial charge in [0.05, 0.1) is 0 Å². The Balaban J connectivity index is 0.998. The number of aromatic nitrogens is 4. The fourth-order valence-electron chi connectivity index (χ4n) is 9.07. The summed E-state index contributed by atoms with van der Waals surface area (Å²) in [7, 11) is 0. The largest absolute Gasteiger partial charge is 0.205 e. The lowest BCUT2D eigenvalue weighted by molar-refractivity contribution is -0.696. The van der Waals surface area contributed by atoms with E-state index in [0.717, 1.165) is 51.9 Å². The Morgan fingerprint density at radius 3 is 0.703 bits per heavy atom. The molecule has 0 saturated carbocycles. The quantitative estimate of drug-likeness (QED) is 0.124. The Bertz CT molecular complexity index is 1640. The third-order valence-electron chi connectivity index (χ3n) is 12.9. The Labute approximate surface area is 391 Å². The van der Waals surface area contributed by atoms with Gasteiger partial charge in [0.25, 0.3) is 0 Å². The fourth-order valence-corrected chi connectivity index (χ4v) is 9.07. The Morgan fingerprint density at radius 1 is 0.234 bits per heavy atom. The summed E-state index contributed by atoms with van der Waals surface area (Å²) in [5.74, 6) is 0. The Hall–Kier alpha value is -4.44. The van der Waals surface area contributed by atoms with E-state index >= 15 is 0 Å². The summed E-state index contributed by atoms with van der Waals surface area (Å²) >= 11 is 0. The van der Waals surface area contributed by atoms with E-state index in [1.54, 1.807) is 0 Å². The van der Waals surface area contributed by atoms with Crippen molar-refractivity contribution in [2.45, 2.75) is 206 Å². The van der Waals surface area contributed by atoms with Gasteiger partial charge in [0, 0.05) is 72.2 Å². The van der Waals surface area contributed by atoms with Gasteiger partial charge in [0.1, 0.15) is 0 Å². The molecule has 0 aromatic carbocycles. The van der Waals surface area contributed by atoms with Crippen molar-refractivity contribution in [1.29, 1.82) is 0 Å². The molecule has 0 radical (unpaired) electrons. The maximum Gasteiger partial charge on any atom is 0.171 e. The van der Waals surface area contributed by atoms with Crippen LogP contribution in [0.4, 0.5) is 0 Å². The second kappa shape index (κ2) is 34.0. The van der Waals surface area contributed by atoms with Crippen molar-refractivity contribution in [3.05, 3.63) is 169 Å². The first-order chi connectivity index (χ1) is 31.8. The van der Waals surface area contributed by atoms with Gasteiger partial charge in [-0.15, -0.1) is 0 Å². The van der Waals surface area contributed by atoms with E-state index in [0.29, 0.717) is 0 Å². The maximum absolute atomic E-state index is 2.41. The van der Waals surface area contributed by atoms with E-state index in [2.05, 4.69) is 165 Å². The Morgan fingerprint density at radius 2 is 0.453 bits per heavy atom. The van der Waals surface area contributed by atoms with Gasteiger partial charge in [-0.05, 0) is 127 Å². The van der Waals surface area contributed by atoms with Crippen LogP contribution in [0, 0.1) is 0 Å². The number of aryl methyl sites for hydroxylation is 8. The molecule has 8 bridgehead atoms. The second-order valence-electron chi connectivity index (χ2n) is 18.7. The lowest BCUT2D eigenvalue weighted by atomic mass is 10.1. The molecule has 1 aliphatic heterocycles. The van der Waals surface area contributed by atoms with Gasteiger partial charge >= 0.3 is 0 Å². The molecule has 4 nitrogen and oxygen atoms in total. The van der Waals surface area contributed by atoms with Crippen molar-refractivity contribution in [2.24, 2.45) is 0 Å². The molecule has 5 heterocycles. The summed E-state index contributed by atoms with van der Waals surface area (Å²) in [5, 5.41) is 0. The first kappa shape index (κ1) is 50.6. The molecule has 0 N–H and O–H groups in total. The van der Waals surface area contributed by atoms with Crippen LogP contribution >= 0.6 is 0 Å². The molecule has 0 aliphatic carbocycles. The summed E-state index contributed by atoms with van der Waals surface area (Å²) in [6.45, 7) is 4.29. The molecule has 0 spiro atoms. The zero-order chi connectivity index (χ0) is 44.2. The predicted octanol–water partition coefficient (Wildman–Crippen LogP) is 13.7. The minimum Gasteiger partial charge on any atom is -0.205 e. The maximum atomic E-state index is 2.41. The van der Waals surface area contributed by atoms with Crippen molar-refractivity contribution < 1.29 is 18.3 Å². The molecule has 0 amide bonds. The molecule has 5 rings (SSSR count). The van der Waals surface area contributed by atoms with Gasteiger partial charge in [0.2, 0.25) is 0 Å². The van der Waals surface area contributed by atoms with Crippen LogP contribution in [-0.4, -0.2) is 0 Å². The molecule has 0 unspecified atom stereocenters. The van der Waals surface area contributed by atoms with Crippen LogP contribution in [0.15, 0.2) is 147 Å². The van der Waals surface area contributed by atoms with E-state index < -0.39 is 0 Å². The van der Waals surface area contributed by atoms with Gasteiger partial charge in [0.15, 0.2) is 75.8 Å². The monoisotopic (exact) mass is 865 g/mol. The van der Waals surface area contributed by atoms with Gasteiger partial charge in [-0.25, -0.2) is 18.3 Å². The number of allylic oxidation sites excluding steroid dienone is 8. The standard InChI is InChI=1S/C60H88N4/c1-5-13-21-29-45-61-49-34-42-58(54-61)38-26-18-10-3-7-15-23-31-47-63-51-36-44-60(56-63)40-28-20-12-4-8-16-24-32-48-64-52-35-43-59(55-64)39-27-19-11-2-6-14-22-30-46-62-50-33-41-57(53-62)37-25-17-9-1/h13-16,21-24,33-36,41-44,49-56H,1-12,17-20,25-32,37-40,45-48H2/q+4/b21-13+,22-14+,23-15+,24-16+. The van der Waals surface area contributed by atoms with E-state index in [9.17, 15) is 0 Å². The van der Waals surface area contributed by atoms with Crippen LogP contribution in [0.3, 0.4) is 0 Å². The highest BCUT2D eigenvalue weighted by atomic mass is 14.9. The van der Waals surface area contributed by atoms with Crippen molar-refractivity contribution in [1.82, 2.24) is 0 Å². The van der Waals surface area contributed by atoms with E-state index in [1.807, 2.05) is 0 Å². The van der Waals surface area contributed by atoms with Gasteiger partial charge in [-0.1, -0.05) is 100.0 Å².